The van der Waals surface area contributed by atoms with Gasteiger partial charge in [0.25, 0.3) is 0 Å². The Balaban J connectivity index is 1.29. The Morgan fingerprint density at radius 3 is 2.35 bits per heavy atom. The predicted octanol–water partition coefficient (Wildman–Crippen LogP) is 1.72. The number of carbonyl (C=O) groups excluding carboxylic acids is 2. The van der Waals surface area contributed by atoms with Gasteiger partial charge in [0.1, 0.15) is 0 Å². The number of carbonyl (C=O) groups is 3. The number of benzene rings is 2. The lowest BCUT2D eigenvalue weighted by atomic mass is 10.0. The van der Waals surface area contributed by atoms with Gasteiger partial charge in [0.05, 0.1) is 18.2 Å². The van der Waals surface area contributed by atoms with Gasteiger partial charge >= 0.3 is 5.97 Å². The summed E-state index contributed by atoms with van der Waals surface area (Å²) in [5.74, 6) is -1.29. The van der Waals surface area contributed by atoms with Crippen LogP contribution < -0.4 is 16.0 Å². The van der Waals surface area contributed by atoms with E-state index < -0.39 is 12.0 Å². The first-order valence-corrected chi connectivity index (χ1v) is 11.5. The highest BCUT2D eigenvalue weighted by atomic mass is 16.5. The maximum Gasteiger partial charge on any atom is 0.335 e. The molecule has 2 fully saturated rings. The molecule has 0 aliphatic carbocycles. The molecule has 0 bridgehead atoms. The summed E-state index contributed by atoms with van der Waals surface area (Å²) in [4.78, 5) is 40.2. The standard InChI is InChI=1S/C25H30N4O5/c26-22(24(31)27-19-5-3-18(4-6-19)25(32)33)15-17-1-7-21(8-2-17)29-12-11-28(16-23(29)30)20-9-13-34-14-10-20/h1-8,20,22H,9-16,26H2,(H,27,31)(H,32,33)/t22-/m0/s1. The van der Waals surface area contributed by atoms with Crippen molar-refractivity contribution in [3.8, 4) is 0 Å². The molecular weight excluding hydrogens is 436 g/mol. The third kappa shape index (κ3) is 5.80. The summed E-state index contributed by atoms with van der Waals surface area (Å²) < 4.78 is 5.43. The van der Waals surface area contributed by atoms with Crippen molar-refractivity contribution in [1.29, 1.82) is 0 Å². The molecule has 2 saturated heterocycles. The van der Waals surface area contributed by atoms with Gasteiger partial charge in [0, 0.05) is 43.7 Å². The van der Waals surface area contributed by atoms with Gasteiger partial charge in [-0.1, -0.05) is 12.1 Å². The predicted molar refractivity (Wildman–Crippen MR) is 128 cm³/mol. The van der Waals surface area contributed by atoms with Crippen molar-refractivity contribution in [2.24, 2.45) is 5.73 Å². The van der Waals surface area contributed by atoms with Crippen LogP contribution in [0.3, 0.4) is 0 Å². The van der Waals surface area contributed by atoms with Crippen LogP contribution in [-0.4, -0.2) is 72.7 Å². The van der Waals surface area contributed by atoms with Crippen molar-refractivity contribution in [2.45, 2.75) is 31.3 Å². The average Bonchev–Trinajstić information content (AvgIpc) is 2.85. The van der Waals surface area contributed by atoms with Gasteiger partial charge in [-0.15, -0.1) is 0 Å². The molecule has 1 atom stereocenters. The number of aromatic carboxylic acids is 1. The first-order valence-electron chi connectivity index (χ1n) is 11.5. The van der Waals surface area contributed by atoms with Gasteiger partial charge in [0.2, 0.25) is 11.8 Å². The highest BCUT2D eigenvalue weighted by Crippen LogP contribution is 2.22. The molecule has 9 heteroatoms. The fourth-order valence-corrected chi connectivity index (χ4v) is 4.42. The zero-order valence-corrected chi connectivity index (χ0v) is 19.0. The lowest BCUT2D eigenvalue weighted by molar-refractivity contribution is -0.122. The minimum absolute atomic E-state index is 0.0930. The molecule has 4 N–H and O–H groups in total. The number of amides is 2. The zero-order chi connectivity index (χ0) is 24.1. The molecule has 4 rings (SSSR count). The van der Waals surface area contributed by atoms with E-state index in [1.165, 1.54) is 24.3 Å². The van der Waals surface area contributed by atoms with E-state index in [2.05, 4.69) is 10.2 Å². The lowest BCUT2D eigenvalue weighted by Gasteiger charge is -2.40. The topological polar surface area (TPSA) is 125 Å². The Bertz CT molecular complexity index is 1020. The molecule has 0 saturated carbocycles. The van der Waals surface area contributed by atoms with Crippen LogP contribution in [0.25, 0.3) is 0 Å². The lowest BCUT2D eigenvalue weighted by Crippen LogP contribution is -2.54. The summed E-state index contributed by atoms with van der Waals surface area (Å²) in [5.41, 5.74) is 8.44. The monoisotopic (exact) mass is 466 g/mol. The fourth-order valence-electron chi connectivity index (χ4n) is 4.42. The number of nitrogens with zero attached hydrogens (tertiary/aromatic N) is 2. The van der Waals surface area contributed by atoms with Gasteiger partial charge in [-0.05, 0) is 61.2 Å². The van der Waals surface area contributed by atoms with E-state index in [-0.39, 0.29) is 17.4 Å². The Morgan fingerprint density at radius 1 is 1.06 bits per heavy atom. The van der Waals surface area contributed by atoms with Gasteiger partial charge in [-0.25, -0.2) is 4.79 Å². The molecule has 180 valence electrons. The van der Waals surface area contributed by atoms with Crippen molar-refractivity contribution >= 4 is 29.2 Å². The number of rotatable bonds is 7. The molecule has 2 heterocycles. The number of hydrogen-bond donors (Lipinski definition) is 3. The second-order valence-electron chi connectivity index (χ2n) is 8.71. The number of hydrogen-bond acceptors (Lipinski definition) is 6. The minimum atomic E-state index is -1.03. The summed E-state index contributed by atoms with van der Waals surface area (Å²) in [5, 5.41) is 11.7. The van der Waals surface area contributed by atoms with Gasteiger partial charge in [-0.3, -0.25) is 14.5 Å². The highest BCUT2D eigenvalue weighted by Gasteiger charge is 2.30. The van der Waals surface area contributed by atoms with Crippen molar-refractivity contribution in [2.75, 3.05) is 43.1 Å². The first-order chi connectivity index (χ1) is 16.4. The van der Waals surface area contributed by atoms with Crippen LogP contribution in [0, 0.1) is 0 Å². The first kappa shape index (κ1) is 23.9. The van der Waals surface area contributed by atoms with Crippen molar-refractivity contribution in [3.05, 3.63) is 59.7 Å². The van der Waals surface area contributed by atoms with Crippen LogP contribution in [-0.2, 0) is 20.7 Å². The maximum atomic E-state index is 12.8. The van der Waals surface area contributed by atoms with Gasteiger partial charge in [0.15, 0.2) is 0 Å². The smallest absolute Gasteiger partial charge is 0.335 e. The van der Waals surface area contributed by atoms with E-state index >= 15 is 0 Å². The molecule has 0 unspecified atom stereocenters. The summed E-state index contributed by atoms with van der Waals surface area (Å²) in [6.45, 7) is 3.44. The summed E-state index contributed by atoms with van der Waals surface area (Å²) in [6.07, 6.45) is 2.29. The fraction of sp³-hybridized carbons (Fsp3) is 0.400. The van der Waals surface area contributed by atoms with Crippen LogP contribution >= 0.6 is 0 Å². The molecule has 2 aromatic rings. The second kappa shape index (κ2) is 10.8. The number of carboxylic acid groups (broad SMARTS) is 1. The third-order valence-electron chi connectivity index (χ3n) is 6.40. The summed E-state index contributed by atoms with van der Waals surface area (Å²) in [6, 6.07) is 13.1. The third-order valence-corrected chi connectivity index (χ3v) is 6.40. The van der Waals surface area contributed by atoms with E-state index in [1.807, 2.05) is 29.2 Å². The maximum absolute atomic E-state index is 12.8. The SMILES string of the molecule is N[C@@H](Cc1ccc(N2CCN(C3CCOCC3)CC2=O)cc1)C(=O)Nc1ccc(C(=O)O)cc1. The molecule has 0 spiro atoms. The number of nitrogens with one attached hydrogen (secondary N) is 1. The van der Waals surface area contributed by atoms with Crippen LogP contribution in [0.4, 0.5) is 11.4 Å². The molecule has 2 aromatic carbocycles. The zero-order valence-electron chi connectivity index (χ0n) is 19.0. The van der Waals surface area contributed by atoms with Crippen LogP contribution in [0.15, 0.2) is 48.5 Å². The molecule has 2 aliphatic rings. The molecule has 0 radical (unpaired) electrons. The van der Waals surface area contributed by atoms with Crippen molar-refractivity contribution in [3.63, 3.8) is 0 Å². The Morgan fingerprint density at radius 2 is 1.74 bits per heavy atom. The molecule has 0 aromatic heterocycles. The Hall–Kier alpha value is -3.27. The van der Waals surface area contributed by atoms with Gasteiger partial charge < -0.3 is 25.8 Å². The minimum Gasteiger partial charge on any atom is -0.478 e. The largest absolute Gasteiger partial charge is 0.478 e. The number of piperazine rings is 1. The summed E-state index contributed by atoms with van der Waals surface area (Å²) in [7, 11) is 0. The van der Waals surface area contributed by atoms with Gasteiger partial charge in [-0.2, -0.15) is 0 Å². The molecule has 34 heavy (non-hydrogen) atoms. The number of anilines is 2. The summed E-state index contributed by atoms with van der Waals surface area (Å²) >= 11 is 0. The van der Waals surface area contributed by atoms with Crippen LogP contribution in [0.5, 0.6) is 0 Å². The number of carboxylic acids is 1. The van der Waals surface area contributed by atoms with Crippen molar-refractivity contribution < 1.29 is 24.2 Å². The van der Waals surface area contributed by atoms with E-state index in [0.717, 1.165) is 43.9 Å². The molecule has 9 nitrogen and oxygen atoms in total. The average molecular weight is 467 g/mol. The Labute approximate surface area is 198 Å². The number of nitrogens with two attached hydrogens (primary N) is 1. The van der Waals surface area contributed by atoms with Crippen LogP contribution in [0.2, 0.25) is 0 Å². The quantitative estimate of drug-likeness (QED) is 0.567. The van der Waals surface area contributed by atoms with Crippen LogP contribution in [0.1, 0.15) is 28.8 Å². The Kier molecular flexibility index (Phi) is 7.56. The molecule has 2 aliphatic heterocycles. The van der Waals surface area contributed by atoms with Crippen molar-refractivity contribution in [1.82, 2.24) is 4.90 Å². The van der Waals surface area contributed by atoms with E-state index in [9.17, 15) is 14.4 Å². The van der Waals surface area contributed by atoms with E-state index in [1.54, 1.807) is 0 Å². The van der Waals surface area contributed by atoms with E-state index in [0.29, 0.717) is 31.2 Å². The highest BCUT2D eigenvalue weighted by molar-refractivity contribution is 5.96. The van der Waals surface area contributed by atoms with E-state index in [4.69, 9.17) is 15.6 Å². The molecular formula is C25H30N4O5. The second-order valence-corrected chi connectivity index (χ2v) is 8.71. The normalized spacial score (nSPS) is 18.5. The number of ether oxygens (including phenoxy) is 1. The molecule has 2 amide bonds.